The van der Waals surface area contributed by atoms with Crippen LogP contribution in [0.25, 0.3) is 0 Å². The lowest BCUT2D eigenvalue weighted by atomic mass is 10.0. The molecule has 0 heterocycles. The van der Waals surface area contributed by atoms with Crippen LogP contribution in [0.4, 0.5) is 0 Å². The van der Waals surface area contributed by atoms with E-state index in [1.54, 1.807) is 0 Å². The molecule has 0 fully saturated rings. The van der Waals surface area contributed by atoms with Crippen molar-refractivity contribution in [3.8, 4) is 11.8 Å². The van der Waals surface area contributed by atoms with Crippen molar-refractivity contribution in [2.24, 2.45) is 0 Å². The van der Waals surface area contributed by atoms with E-state index in [0.717, 1.165) is 25.1 Å². The van der Waals surface area contributed by atoms with Gasteiger partial charge >= 0.3 is 0 Å². The van der Waals surface area contributed by atoms with E-state index in [0.29, 0.717) is 19.1 Å². The Morgan fingerprint density at radius 2 is 2.16 bits per heavy atom. The molecular weight excluding hydrogens is 236 g/mol. The molecule has 1 aromatic rings. The largest absolute Gasteiger partial charge is 0.493 e. The molecule has 0 aliphatic rings. The minimum atomic E-state index is 0.291. The zero-order valence-electron chi connectivity index (χ0n) is 12.2. The van der Waals surface area contributed by atoms with Gasteiger partial charge in [0.05, 0.1) is 12.7 Å². The number of unbranched alkanes of at least 4 members (excludes halogenated alkanes) is 2. The molecule has 104 valence electrons. The monoisotopic (exact) mass is 260 g/mol. The number of hydrogen-bond donors (Lipinski definition) is 1. The van der Waals surface area contributed by atoms with Crippen LogP contribution in [0.3, 0.4) is 0 Å². The van der Waals surface area contributed by atoms with Crippen LogP contribution in [0.1, 0.15) is 50.3 Å². The summed E-state index contributed by atoms with van der Waals surface area (Å²) in [6, 6.07) is 8.74. The van der Waals surface area contributed by atoms with Crippen molar-refractivity contribution in [3.63, 3.8) is 0 Å². The van der Waals surface area contributed by atoms with Gasteiger partial charge in [-0.1, -0.05) is 24.6 Å². The highest BCUT2D eigenvalue weighted by atomic mass is 16.5. The van der Waals surface area contributed by atoms with Gasteiger partial charge in [-0.25, -0.2) is 0 Å². The molecule has 1 N–H and O–H groups in total. The Balaban J connectivity index is 2.63. The summed E-state index contributed by atoms with van der Waals surface area (Å²) in [7, 11) is 0. The number of aryl methyl sites for hydroxylation is 1. The van der Waals surface area contributed by atoms with Crippen LogP contribution in [0.2, 0.25) is 0 Å². The number of nitrogens with one attached hydrogen (secondary N) is 1. The second-order valence-corrected chi connectivity index (χ2v) is 4.78. The van der Waals surface area contributed by atoms with E-state index in [4.69, 9.17) is 10.00 Å². The number of nitrogens with zero attached hydrogens (tertiary/aromatic N) is 1. The predicted octanol–water partition coefficient (Wildman–Crippen LogP) is 3.74. The van der Waals surface area contributed by atoms with Gasteiger partial charge in [0.2, 0.25) is 0 Å². The molecular formula is C16H24N2O. The van der Waals surface area contributed by atoms with Crippen molar-refractivity contribution < 1.29 is 4.74 Å². The zero-order chi connectivity index (χ0) is 14.1. The van der Waals surface area contributed by atoms with Crippen LogP contribution in [0.15, 0.2) is 18.2 Å². The summed E-state index contributed by atoms with van der Waals surface area (Å²) in [5.41, 5.74) is 2.46. The van der Waals surface area contributed by atoms with Crippen LogP contribution in [0.5, 0.6) is 5.75 Å². The SMILES string of the molecule is CCNC(C)c1cc(C)ccc1OCCCCC#N. The summed E-state index contributed by atoms with van der Waals surface area (Å²) in [5, 5.41) is 11.9. The van der Waals surface area contributed by atoms with E-state index in [1.165, 1.54) is 11.1 Å². The fourth-order valence-electron chi connectivity index (χ4n) is 2.04. The van der Waals surface area contributed by atoms with E-state index in [9.17, 15) is 0 Å². The fourth-order valence-corrected chi connectivity index (χ4v) is 2.04. The molecule has 1 aromatic carbocycles. The van der Waals surface area contributed by atoms with Crippen LogP contribution < -0.4 is 10.1 Å². The Hall–Kier alpha value is -1.53. The van der Waals surface area contributed by atoms with Gasteiger partial charge in [-0.2, -0.15) is 5.26 Å². The van der Waals surface area contributed by atoms with Crippen molar-refractivity contribution in [1.82, 2.24) is 5.32 Å². The van der Waals surface area contributed by atoms with Gasteiger partial charge in [-0.15, -0.1) is 0 Å². The van der Waals surface area contributed by atoms with Gasteiger partial charge in [-0.3, -0.25) is 0 Å². The first-order chi connectivity index (χ1) is 9.19. The second-order valence-electron chi connectivity index (χ2n) is 4.78. The predicted molar refractivity (Wildman–Crippen MR) is 78.2 cm³/mol. The molecule has 3 nitrogen and oxygen atoms in total. The Morgan fingerprint density at radius 3 is 2.84 bits per heavy atom. The summed E-state index contributed by atoms with van der Waals surface area (Å²) in [6.07, 6.45) is 2.44. The van der Waals surface area contributed by atoms with Gasteiger partial charge in [0.1, 0.15) is 5.75 Å². The minimum absolute atomic E-state index is 0.291. The highest BCUT2D eigenvalue weighted by Crippen LogP contribution is 2.26. The molecule has 0 saturated heterocycles. The molecule has 1 atom stereocenters. The van der Waals surface area contributed by atoms with Crippen LogP contribution in [0, 0.1) is 18.3 Å². The van der Waals surface area contributed by atoms with Crippen molar-refractivity contribution in [2.45, 2.75) is 46.1 Å². The first-order valence-electron chi connectivity index (χ1n) is 7.02. The van der Waals surface area contributed by atoms with Crippen LogP contribution >= 0.6 is 0 Å². The Morgan fingerprint density at radius 1 is 1.37 bits per heavy atom. The smallest absolute Gasteiger partial charge is 0.124 e. The molecule has 19 heavy (non-hydrogen) atoms. The van der Waals surface area contributed by atoms with Crippen molar-refractivity contribution in [2.75, 3.05) is 13.2 Å². The normalized spacial score (nSPS) is 11.9. The first-order valence-corrected chi connectivity index (χ1v) is 7.02. The Kier molecular flexibility index (Phi) is 6.99. The number of ether oxygens (including phenoxy) is 1. The number of nitriles is 1. The molecule has 0 spiro atoms. The number of benzene rings is 1. The number of rotatable bonds is 8. The van der Waals surface area contributed by atoms with Crippen molar-refractivity contribution in [3.05, 3.63) is 29.3 Å². The Bertz CT molecular complexity index is 423. The van der Waals surface area contributed by atoms with Crippen molar-refractivity contribution >= 4 is 0 Å². The molecule has 0 aliphatic heterocycles. The molecule has 0 aromatic heterocycles. The van der Waals surface area contributed by atoms with Gasteiger partial charge in [0.25, 0.3) is 0 Å². The average Bonchev–Trinajstić information content (AvgIpc) is 2.40. The highest BCUT2D eigenvalue weighted by molar-refractivity contribution is 5.38. The van der Waals surface area contributed by atoms with E-state index >= 15 is 0 Å². The molecule has 0 bridgehead atoms. The fraction of sp³-hybridized carbons (Fsp3) is 0.562. The highest BCUT2D eigenvalue weighted by Gasteiger charge is 2.11. The maximum atomic E-state index is 8.49. The summed E-state index contributed by atoms with van der Waals surface area (Å²) in [5.74, 6) is 0.955. The van der Waals surface area contributed by atoms with E-state index in [1.807, 2.05) is 6.07 Å². The molecule has 3 heteroatoms. The average molecular weight is 260 g/mol. The first kappa shape index (κ1) is 15.5. The van der Waals surface area contributed by atoms with Crippen LogP contribution in [-0.4, -0.2) is 13.2 Å². The van der Waals surface area contributed by atoms with Gasteiger partial charge in [0.15, 0.2) is 0 Å². The molecule has 0 radical (unpaired) electrons. The molecule has 0 aliphatic carbocycles. The summed E-state index contributed by atoms with van der Waals surface area (Å²) in [6.45, 7) is 7.97. The van der Waals surface area contributed by atoms with E-state index < -0.39 is 0 Å². The summed E-state index contributed by atoms with van der Waals surface area (Å²) in [4.78, 5) is 0. The standard InChI is InChI=1S/C16H24N2O/c1-4-18-14(3)15-12-13(2)8-9-16(15)19-11-7-5-6-10-17/h8-9,12,14,18H,4-7,11H2,1-3H3. The number of hydrogen-bond acceptors (Lipinski definition) is 3. The van der Waals surface area contributed by atoms with Gasteiger partial charge in [-0.05, 0) is 39.3 Å². The van der Waals surface area contributed by atoms with Crippen LogP contribution in [-0.2, 0) is 0 Å². The van der Waals surface area contributed by atoms with E-state index in [-0.39, 0.29) is 0 Å². The lowest BCUT2D eigenvalue weighted by molar-refractivity contribution is 0.301. The van der Waals surface area contributed by atoms with Gasteiger partial charge in [0, 0.05) is 18.0 Å². The third-order valence-electron chi connectivity index (χ3n) is 3.08. The maximum Gasteiger partial charge on any atom is 0.124 e. The molecule has 0 saturated carbocycles. The quantitative estimate of drug-likeness (QED) is 0.724. The third kappa shape index (κ3) is 5.32. The maximum absolute atomic E-state index is 8.49. The second kappa shape index (κ2) is 8.55. The lowest BCUT2D eigenvalue weighted by Crippen LogP contribution is -2.18. The summed E-state index contributed by atoms with van der Waals surface area (Å²) >= 11 is 0. The molecule has 1 unspecified atom stereocenters. The van der Waals surface area contributed by atoms with Gasteiger partial charge < -0.3 is 10.1 Å². The topological polar surface area (TPSA) is 45.0 Å². The lowest BCUT2D eigenvalue weighted by Gasteiger charge is -2.18. The Labute approximate surface area is 116 Å². The van der Waals surface area contributed by atoms with Crippen molar-refractivity contribution in [1.29, 1.82) is 5.26 Å². The minimum Gasteiger partial charge on any atom is -0.493 e. The third-order valence-corrected chi connectivity index (χ3v) is 3.08. The zero-order valence-corrected chi connectivity index (χ0v) is 12.2. The summed E-state index contributed by atoms with van der Waals surface area (Å²) < 4.78 is 5.86. The molecule has 1 rings (SSSR count). The van der Waals surface area contributed by atoms with E-state index in [2.05, 4.69) is 44.3 Å². The molecule has 0 amide bonds.